The van der Waals surface area contributed by atoms with E-state index >= 15 is 0 Å². The molecule has 0 aliphatic carbocycles. The van der Waals surface area contributed by atoms with Gasteiger partial charge in [-0.05, 0) is 24.6 Å². The first kappa shape index (κ1) is 13.2. The molecule has 98 valence electrons. The van der Waals surface area contributed by atoms with E-state index < -0.39 is 5.97 Å². The van der Waals surface area contributed by atoms with Crippen molar-refractivity contribution in [1.82, 2.24) is 9.97 Å². The minimum absolute atomic E-state index is 0.659. The van der Waals surface area contributed by atoms with Crippen LogP contribution in [0.15, 0.2) is 30.5 Å². The van der Waals surface area contributed by atoms with Gasteiger partial charge < -0.3 is 10.4 Å². The van der Waals surface area contributed by atoms with E-state index in [1.54, 1.807) is 20.2 Å². The van der Waals surface area contributed by atoms with Crippen LogP contribution >= 0.6 is 11.3 Å². The maximum Gasteiger partial charge on any atom is 0.328 e. The Hall–Kier alpha value is -2.21. The van der Waals surface area contributed by atoms with Crippen molar-refractivity contribution in [3.8, 4) is 11.4 Å². The predicted molar refractivity (Wildman–Crippen MR) is 76.2 cm³/mol. The normalized spacial score (nSPS) is 11.4. The first-order valence-corrected chi connectivity index (χ1v) is 6.45. The van der Waals surface area contributed by atoms with E-state index in [2.05, 4.69) is 15.3 Å². The Kier molecular flexibility index (Phi) is 3.91. The molecule has 0 atom stereocenters. The second kappa shape index (κ2) is 5.62. The van der Waals surface area contributed by atoms with Gasteiger partial charge in [0.25, 0.3) is 0 Å². The highest BCUT2D eigenvalue weighted by Gasteiger charge is 2.15. The second-order valence-corrected chi connectivity index (χ2v) is 4.83. The molecule has 2 heterocycles. The molecule has 0 saturated heterocycles. The monoisotopic (exact) mass is 275 g/mol. The highest BCUT2D eigenvalue weighted by molar-refractivity contribution is 7.17. The fraction of sp³-hybridized carbons (Fsp3) is 0.154. The fourth-order valence-electron chi connectivity index (χ4n) is 1.62. The van der Waals surface area contributed by atoms with Gasteiger partial charge in [0.1, 0.15) is 5.69 Å². The van der Waals surface area contributed by atoms with Crippen molar-refractivity contribution in [2.45, 2.75) is 6.92 Å². The van der Waals surface area contributed by atoms with Gasteiger partial charge in [0.05, 0.1) is 10.6 Å². The van der Waals surface area contributed by atoms with Gasteiger partial charge in [-0.25, -0.2) is 9.78 Å². The van der Waals surface area contributed by atoms with Crippen molar-refractivity contribution in [1.29, 1.82) is 0 Å². The van der Waals surface area contributed by atoms with Crippen molar-refractivity contribution < 1.29 is 9.90 Å². The van der Waals surface area contributed by atoms with Crippen LogP contribution in [0.3, 0.4) is 0 Å². The molecule has 2 aromatic heterocycles. The fourth-order valence-corrected chi connectivity index (χ4v) is 2.52. The topological polar surface area (TPSA) is 75.1 Å². The lowest BCUT2D eigenvalue weighted by Gasteiger charge is -2.00. The van der Waals surface area contributed by atoms with Crippen molar-refractivity contribution in [2.75, 3.05) is 12.4 Å². The number of anilines is 1. The Balaban J connectivity index is 2.55. The number of carboxylic acid groups (broad SMARTS) is 1. The molecule has 0 spiro atoms. The Labute approximate surface area is 114 Å². The summed E-state index contributed by atoms with van der Waals surface area (Å²) in [6.07, 6.45) is 2.87. The summed E-state index contributed by atoms with van der Waals surface area (Å²) >= 11 is 1.41. The second-order valence-electron chi connectivity index (χ2n) is 3.83. The zero-order valence-corrected chi connectivity index (χ0v) is 11.4. The van der Waals surface area contributed by atoms with Crippen LogP contribution in [-0.2, 0) is 4.79 Å². The predicted octanol–water partition coefficient (Wildman–Crippen LogP) is 2.73. The van der Waals surface area contributed by atoms with E-state index in [9.17, 15) is 4.79 Å². The van der Waals surface area contributed by atoms with Crippen molar-refractivity contribution >= 4 is 28.0 Å². The van der Waals surface area contributed by atoms with Gasteiger partial charge in [-0.3, -0.25) is 4.98 Å². The molecule has 0 aliphatic rings. The van der Waals surface area contributed by atoms with Crippen LogP contribution < -0.4 is 5.32 Å². The summed E-state index contributed by atoms with van der Waals surface area (Å²) < 4.78 is 0. The third-order valence-electron chi connectivity index (χ3n) is 2.45. The minimum atomic E-state index is -0.969. The number of aliphatic carboxylic acids is 1. The number of nitrogens with zero attached hydrogens (tertiary/aromatic N) is 2. The van der Waals surface area contributed by atoms with Crippen molar-refractivity contribution in [2.24, 2.45) is 0 Å². The number of pyridine rings is 1. The lowest BCUT2D eigenvalue weighted by molar-refractivity contribution is -0.131. The summed E-state index contributed by atoms with van der Waals surface area (Å²) in [5.41, 5.74) is 2.09. The van der Waals surface area contributed by atoms with Gasteiger partial charge >= 0.3 is 5.97 Å². The Bertz CT molecular complexity index is 620. The third kappa shape index (κ3) is 2.97. The molecule has 6 heteroatoms. The average molecular weight is 275 g/mol. The molecule has 0 aliphatic heterocycles. The molecule has 0 saturated carbocycles. The Morgan fingerprint density at radius 1 is 1.47 bits per heavy atom. The Morgan fingerprint density at radius 3 is 2.84 bits per heavy atom. The summed E-state index contributed by atoms with van der Waals surface area (Å²) in [5.74, 6) is -0.969. The van der Waals surface area contributed by atoms with E-state index in [0.29, 0.717) is 11.3 Å². The lowest BCUT2D eigenvalue weighted by Crippen LogP contribution is -1.91. The summed E-state index contributed by atoms with van der Waals surface area (Å²) in [5, 5.41) is 12.5. The first-order valence-electron chi connectivity index (χ1n) is 5.63. The number of carboxylic acids is 1. The van der Waals surface area contributed by atoms with Gasteiger partial charge in [0.15, 0.2) is 5.13 Å². The zero-order chi connectivity index (χ0) is 13.8. The van der Waals surface area contributed by atoms with E-state index in [0.717, 1.165) is 15.7 Å². The summed E-state index contributed by atoms with van der Waals surface area (Å²) in [6.45, 7) is 1.76. The number of thiazole rings is 1. The molecule has 0 amide bonds. The molecule has 0 bridgehead atoms. The quantitative estimate of drug-likeness (QED) is 0.839. The molecule has 19 heavy (non-hydrogen) atoms. The number of nitrogens with one attached hydrogen (secondary N) is 1. The maximum absolute atomic E-state index is 10.8. The lowest BCUT2D eigenvalue weighted by atomic mass is 10.1. The number of hydrogen-bond donors (Lipinski definition) is 2. The van der Waals surface area contributed by atoms with Crippen LogP contribution in [0.1, 0.15) is 11.8 Å². The van der Waals surface area contributed by atoms with E-state index in [1.165, 1.54) is 17.4 Å². The molecule has 0 aromatic carbocycles. The van der Waals surface area contributed by atoms with Crippen LogP contribution in [-0.4, -0.2) is 28.1 Å². The smallest absolute Gasteiger partial charge is 0.328 e. The standard InChI is InChI=1S/C13H13N3O2S/c1-8(7-10(17)18)12-11(16-13(14-2)19-12)9-5-3-4-6-15-9/h3-7H,1-2H3,(H,14,16)(H,17,18)/b8-7+. The Morgan fingerprint density at radius 2 is 2.26 bits per heavy atom. The molecule has 0 unspecified atom stereocenters. The summed E-state index contributed by atoms with van der Waals surface area (Å²) in [6, 6.07) is 5.56. The summed E-state index contributed by atoms with van der Waals surface area (Å²) in [7, 11) is 1.78. The minimum Gasteiger partial charge on any atom is -0.478 e. The highest BCUT2D eigenvalue weighted by Crippen LogP contribution is 2.34. The van der Waals surface area contributed by atoms with Gasteiger partial charge in [-0.15, -0.1) is 0 Å². The molecule has 2 aromatic rings. The largest absolute Gasteiger partial charge is 0.478 e. The van der Waals surface area contributed by atoms with E-state index in [1.807, 2.05) is 18.2 Å². The van der Waals surface area contributed by atoms with Crippen LogP contribution in [0.5, 0.6) is 0 Å². The number of rotatable bonds is 4. The molecular weight excluding hydrogens is 262 g/mol. The molecule has 0 radical (unpaired) electrons. The number of hydrogen-bond acceptors (Lipinski definition) is 5. The van der Waals surface area contributed by atoms with Crippen LogP contribution in [0.2, 0.25) is 0 Å². The van der Waals surface area contributed by atoms with Crippen LogP contribution in [0, 0.1) is 0 Å². The van der Waals surface area contributed by atoms with Gasteiger partial charge in [-0.2, -0.15) is 0 Å². The van der Waals surface area contributed by atoms with Crippen LogP contribution in [0.4, 0.5) is 5.13 Å². The molecule has 0 fully saturated rings. The average Bonchev–Trinajstić information content (AvgIpc) is 2.83. The van der Waals surface area contributed by atoms with Gasteiger partial charge in [0, 0.05) is 19.3 Å². The van der Waals surface area contributed by atoms with E-state index in [-0.39, 0.29) is 0 Å². The first-order chi connectivity index (χ1) is 9.11. The SMILES string of the molecule is CNc1nc(-c2ccccn2)c(/C(C)=C/C(=O)O)s1. The maximum atomic E-state index is 10.8. The molecule has 2 rings (SSSR count). The van der Waals surface area contributed by atoms with Gasteiger partial charge in [0.2, 0.25) is 0 Å². The van der Waals surface area contributed by atoms with Crippen molar-refractivity contribution in [3.05, 3.63) is 35.3 Å². The van der Waals surface area contributed by atoms with Gasteiger partial charge in [-0.1, -0.05) is 17.4 Å². The van der Waals surface area contributed by atoms with Crippen LogP contribution in [0.25, 0.3) is 17.0 Å². The van der Waals surface area contributed by atoms with Crippen molar-refractivity contribution in [3.63, 3.8) is 0 Å². The molecule has 5 nitrogen and oxygen atoms in total. The number of aromatic nitrogens is 2. The highest BCUT2D eigenvalue weighted by atomic mass is 32.1. The number of carbonyl (C=O) groups is 1. The molecular formula is C13H13N3O2S. The third-order valence-corrected chi connectivity index (χ3v) is 3.65. The summed E-state index contributed by atoms with van der Waals surface area (Å²) in [4.78, 5) is 20.3. The molecule has 2 N–H and O–H groups in total. The number of allylic oxidation sites excluding steroid dienone is 1. The zero-order valence-electron chi connectivity index (χ0n) is 10.5. The van der Waals surface area contributed by atoms with E-state index in [4.69, 9.17) is 5.11 Å².